The summed E-state index contributed by atoms with van der Waals surface area (Å²) in [5, 5.41) is 2.80. The summed E-state index contributed by atoms with van der Waals surface area (Å²) in [5.41, 5.74) is 5.46. The summed E-state index contributed by atoms with van der Waals surface area (Å²) in [6, 6.07) is 8.68. The van der Waals surface area contributed by atoms with Gasteiger partial charge < -0.3 is 20.5 Å². The molecule has 0 spiro atoms. The highest BCUT2D eigenvalue weighted by Gasteiger charge is 2.68. The van der Waals surface area contributed by atoms with E-state index >= 15 is 0 Å². The van der Waals surface area contributed by atoms with Gasteiger partial charge in [-0.15, -0.1) is 0 Å². The van der Waals surface area contributed by atoms with Gasteiger partial charge in [-0.2, -0.15) is 0 Å². The fourth-order valence-electron chi connectivity index (χ4n) is 7.01. The number of hydrogen-bond acceptors (Lipinski definition) is 6. The van der Waals surface area contributed by atoms with Crippen LogP contribution in [0.25, 0.3) is 0 Å². The van der Waals surface area contributed by atoms with Gasteiger partial charge in [0.1, 0.15) is 5.60 Å². The van der Waals surface area contributed by atoms with Crippen molar-refractivity contribution in [1.82, 2.24) is 5.32 Å². The lowest BCUT2D eigenvalue weighted by molar-refractivity contribution is -0.188. The first-order valence-corrected chi connectivity index (χ1v) is 11.9. The Kier molecular flexibility index (Phi) is 6.06. The maximum Gasteiger partial charge on any atom is 0.408 e. The van der Waals surface area contributed by atoms with Crippen molar-refractivity contribution in [1.29, 1.82) is 0 Å². The molecule has 0 aromatic heterocycles. The third-order valence-electron chi connectivity index (χ3n) is 7.63. The van der Waals surface area contributed by atoms with Crippen molar-refractivity contribution < 1.29 is 23.9 Å². The lowest BCUT2D eigenvalue weighted by atomic mass is 9.41. The number of benzene rings is 1. The number of Topliss-reactive ketones (excluding diaryl/α,β-unsaturated/α-hetero) is 1. The van der Waals surface area contributed by atoms with E-state index < -0.39 is 34.6 Å². The molecule has 7 nitrogen and oxygen atoms in total. The van der Waals surface area contributed by atoms with E-state index in [9.17, 15) is 14.4 Å². The SMILES string of the molecule is COC(=O)C12CC3CC(CC(N)(C3)C1C(=O)C(Cc1ccccc1)NC(=O)OC(C)(C)C)C2. The minimum atomic E-state index is -0.921. The Bertz CT molecular complexity index is 908. The maximum absolute atomic E-state index is 14.2. The van der Waals surface area contributed by atoms with Crippen molar-refractivity contribution in [3.8, 4) is 0 Å². The van der Waals surface area contributed by atoms with Crippen LogP contribution in [0.15, 0.2) is 30.3 Å². The predicted molar refractivity (Wildman–Crippen MR) is 123 cm³/mol. The molecule has 4 fully saturated rings. The van der Waals surface area contributed by atoms with E-state index in [-0.39, 0.29) is 11.8 Å². The molecule has 0 aliphatic heterocycles. The number of carbonyl (C=O) groups excluding carboxylic acids is 3. The molecule has 1 aromatic rings. The monoisotopic (exact) mass is 456 g/mol. The number of ketones is 1. The standard InChI is InChI=1S/C26H36N2O5/c1-24(2,3)33-23(31)28-19(11-16-8-6-5-7-9-16)20(29)21-25(22(30)32-4)12-17-10-18(13-25)15-26(21,27)14-17/h5-9,17-19,21H,10-15,27H2,1-4H3,(H,28,31). The molecule has 7 heteroatoms. The summed E-state index contributed by atoms with van der Waals surface area (Å²) < 4.78 is 10.7. The van der Waals surface area contributed by atoms with Crippen LogP contribution in [-0.4, -0.2) is 42.1 Å². The number of carbonyl (C=O) groups is 3. The van der Waals surface area contributed by atoms with E-state index in [2.05, 4.69) is 5.32 Å². The van der Waals surface area contributed by atoms with Crippen molar-refractivity contribution in [2.24, 2.45) is 28.9 Å². The van der Waals surface area contributed by atoms with Crippen molar-refractivity contribution in [3.63, 3.8) is 0 Å². The third kappa shape index (κ3) is 4.52. The summed E-state index contributed by atoms with van der Waals surface area (Å²) in [4.78, 5) is 40.1. The molecule has 3 N–H and O–H groups in total. The van der Waals surface area contributed by atoms with E-state index in [0.29, 0.717) is 31.1 Å². The Balaban J connectivity index is 1.69. The van der Waals surface area contributed by atoms with Gasteiger partial charge in [-0.1, -0.05) is 30.3 Å². The normalized spacial score (nSPS) is 33.3. The van der Waals surface area contributed by atoms with E-state index in [1.165, 1.54) is 7.11 Å². The lowest BCUT2D eigenvalue weighted by Crippen LogP contribution is -2.72. The fraction of sp³-hybridized carbons (Fsp3) is 0.654. The van der Waals surface area contributed by atoms with Crippen LogP contribution < -0.4 is 11.1 Å². The number of amides is 1. The number of nitrogens with one attached hydrogen (secondary N) is 1. The Morgan fingerprint density at radius 1 is 1.09 bits per heavy atom. The molecule has 5 rings (SSSR count). The van der Waals surface area contributed by atoms with Gasteiger partial charge in [0, 0.05) is 5.54 Å². The van der Waals surface area contributed by atoms with Gasteiger partial charge in [0.25, 0.3) is 0 Å². The topological polar surface area (TPSA) is 108 Å². The van der Waals surface area contributed by atoms with Crippen LogP contribution in [0.4, 0.5) is 4.79 Å². The second-order valence-electron chi connectivity index (χ2n) is 11.4. The number of alkyl carbamates (subject to hydrolysis) is 1. The van der Waals surface area contributed by atoms with Gasteiger partial charge >= 0.3 is 12.1 Å². The Hall–Kier alpha value is -2.41. The van der Waals surface area contributed by atoms with E-state index in [4.69, 9.17) is 15.2 Å². The Morgan fingerprint density at radius 2 is 1.70 bits per heavy atom. The van der Waals surface area contributed by atoms with Crippen molar-refractivity contribution in [2.45, 2.75) is 76.5 Å². The molecule has 4 aliphatic carbocycles. The minimum absolute atomic E-state index is 0.198. The second kappa shape index (κ2) is 8.42. The predicted octanol–water partition coefficient (Wildman–Crippen LogP) is 3.39. The first kappa shape index (κ1) is 23.7. The lowest BCUT2D eigenvalue weighted by Gasteiger charge is -2.63. The summed E-state index contributed by atoms with van der Waals surface area (Å²) >= 11 is 0. The summed E-state index contributed by atoms with van der Waals surface area (Å²) in [6.45, 7) is 5.33. The van der Waals surface area contributed by atoms with Gasteiger partial charge in [-0.05, 0) is 76.7 Å². The molecule has 4 aliphatic rings. The fourth-order valence-corrected chi connectivity index (χ4v) is 7.01. The number of hydrogen-bond donors (Lipinski definition) is 2. The molecule has 1 amide bonds. The van der Waals surface area contributed by atoms with Crippen LogP contribution in [0, 0.1) is 23.2 Å². The van der Waals surface area contributed by atoms with E-state index in [1.54, 1.807) is 20.8 Å². The maximum atomic E-state index is 14.2. The number of rotatable bonds is 6. The highest BCUT2D eigenvalue weighted by Crippen LogP contribution is 2.64. The molecule has 4 unspecified atom stereocenters. The summed E-state index contributed by atoms with van der Waals surface area (Å²) in [7, 11) is 1.38. The van der Waals surface area contributed by atoms with Crippen molar-refractivity contribution in [3.05, 3.63) is 35.9 Å². The van der Waals surface area contributed by atoms with Gasteiger partial charge in [-0.25, -0.2) is 4.79 Å². The van der Waals surface area contributed by atoms with Crippen LogP contribution in [0.1, 0.15) is 58.4 Å². The van der Waals surface area contributed by atoms with Gasteiger partial charge in [0.15, 0.2) is 5.78 Å². The minimum Gasteiger partial charge on any atom is -0.469 e. The molecule has 0 saturated heterocycles. The molecule has 4 saturated carbocycles. The smallest absolute Gasteiger partial charge is 0.408 e. The zero-order chi connectivity index (χ0) is 24.0. The van der Waals surface area contributed by atoms with Crippen LogP contribution in [0.5, 0.6) is 0 Å². The molecular formula is C26H36N2O5. The molecule has 4 bridgehead atoms. The highest BCUT2D eigenvalue weighted by molar-refractivity contribution is 5.96. The molecular weight excluding hydrogens is 420 g/mol. The van der Waals surface area contributed by atoms with Crippen LogP contribution in [-0.2, 0) is 25.5 Å². The molecule has 1 aromatic carbocycles. The first-order chi connectivity index (χ1) is 15.5. The van der Waals surface area contributed by atoms with E-state index in [0.717, 1.165) is 24.8 Å². The van der Waals surface area contributed by atoms with Gasteiger partial charge in [0.05, 0.1) is 24.5 Å². The molecule has 4 atom stereocenters. The average molecular weight is 457 g/mol. The van der Waals surface area contributed by atoms with Gasteiger partial charge in [-0.3, -0.25) is 9.59 Å². The molecule has 0 heterocycles. The Morgan fingerprint density at radius 3 is 2.24 bits per heavy atom. The number of nitrogens with two attached hydrogens (primary N) is 1. The quantitative estimate of drug-likeness (QED) is 0.636. The first-order valence-electron chi connectivity index (χ1n) is 11.9. The second-order valence-corrected chi connectivity index (χ2v) is 11.4. The molecule has 33 heavy (non-hydrogen) atoms. The van der Waals surface area contributed by atoms with Crippen LogP contribution >= 0.6 is 0 Å². The largest absolute Gasteiger partial charge is 0.469 e. The third-order valence-corrected chi connectivity index (χ3v) is 7.63. The Labute approximate surface area is 195 Å². The van der Waals surface area contributed by atoms with Crippen LogP contribution in [0.3, 0.4) is 0 Å². The summed E-state index contributed by atoms with van der Waals surface area (Å²) in [5.74, 6) is -0.583. The average Bonchev–Trinajstić information content (AvgIpc) is 2.70. The van der Waals surface area contributed by atoms with Gasteiger partial charge in [0.2, 0.25) is 0 Å². The number of methoxy groups -OCH3 is 1. The van der Waals surface area contributed by atoms with Crippen LogP contribution in [0.2, 0.25) is 0 Å². The highest BCUT2D eigenvalue weighted by atomic mass is 16.6. The zero-order valence-corrected chi connectivity index (χ0v) is 20.1. The molecule has 0 radical (unpaired) electrons. The summed E-state index contributed by atoms with van der Waals surface area (Å²) in [6.07, 6.45) is 3.40. The van der Waals surface area contributed by atoms with Crippen molar-refractivity contribution >= 4 is 17.8 Å². The zero-order valence-electron chi connectivity index (χ0n) is 20.1. The van der Waals surface area contributed by atoms with Crippen molar-refractivity contribution in [2.75, 3.05) is 7.11 Å². The number of esters is 1. The molecule has 180 valence electrons. The number of ether oxygens (including phenoxy) is 2. The van der Waals surface area contributed by atoms with E-state index in [1.807, 2.05) is 30.3 Å².